The average molecular weight is 344 g/mol. The molecule has 0 aliphatic rings. The Labute approximate surface area is 129 Å². The van der Waals surface area contributed by atoms with E-state index in [0.29, 0.717) is 0 Å². The molecule has 23 heavy (non-hydrogen) atoms. The maximum absolute atomic E-state index is 13.6. The lowest BCUT2D eigenvalue weighted by molar-refractivity contribution is -0.387. The SMILES string of the molecule is COc1ccc(S(=O)(=O)Nc2c(F)cccc2F)c([N+](=O)[O-])c1. The molecule has 122 valence electrons. The van der Waals surface area contributed by atoms with Crippen LogP contribution in [0.1, 0.15) is 0 Å². The number of sulfonamides is 1. The van der Waals surface area contributed by atoms with Crippen LogP contribution in [-0.4, -0.2) is 20.5 Å². The molecule has 0 saturated carbocycles. The average Bonchev–Trinajstić information content (AvgIpc) is 2.50. The molecule has 0 saturated heterocycles. The van der Waals surface area contributed by atoms with Crippen molar-refractivity contribution in [1.82, 2.24) is 0 Å². The summed E-state index contributed by atoms with van der Waals surface area (Å²) >= 11 is 0. The number of hydrogen-bond acceptors (Lipinski definition) is 5. The molecule has 1 N–H and O–H groups in total. The van der Waals surface area contributed by atoms with Crippen molar-refractivity contribution in [3.63, 3.8) is 0 Å². The van der Waals surface area contributed by atoms with Gasteiger partial charge in [0.05, 0.1) is 18.1 Å². The number of nitrogens with zero attached hydrogens (tertiary/aromatic N) is 1. The highest BCUT2D eigenvalue weighted by molar-refractivity contribution is 7.92. The van der Waals surface area contributed by atoms with E-state index in [1.807, 2.05) is 0 Å². The smallest absolute Gasteiger partial charge is 0.293 e. The van der Waals surface area contributed by atoms with E-state index in [9.17, 15) is 27.3 Å². The minimum absolute atomic E-state index is 0.0627. The van der Waals surface area contributed by atoms with Gasteiger partial charge in [-0.2, -0.15) is 0 Å². The van der Waals surface area contributed by atoms with E-state index in [-0.39, 0.29) is 5.75 Å². The number of ether oxygens (including phenoxy) is 1. The Balaban J connectivity index is 2.54. The minimum Gasteiger partial charge on any atom is -0.497 e. The molecule has 0 radical (unpaired) electrons. The van der Waals surface area contributed by atoms with Crippen LogP contribution in [-0.2, 0) is 10.0 Å². The molecule has 0 atom stereocenters. The molecule has 0 bridgehead atoms. The van der Waals surface area contributed by atoms with Crippen molar-refractivity contribution in [2.45, 2.75) is 4.90 Å². The normalized spacial score (nSPS) is 11.1. The van der Waals surface area contributed by atoms with E-state index >= 15 is 0 Å². The van der Waals surface area contributed by atoms with Crippen molar-refractivity contribution in [2.24, 2.45) is 0 Å². The van der Waals surface area contributed by atoms with Gasteiger partial charge in [-0.3, -0.25) is 14.8 Å². The Morgan fingerprint density at radius 1 is 1.17 bits per heavy atom. The second kappa shape index (κ2) is 6.16. The van der Waals surface area contributed by atoms with Gasteiger partial charge in [0.1, 0.15) is 23.1 Å². The second-order valence-corrected chi connectivity index (χ2v) is 5.94. The number of nitrogens with one attached hydrogen (secondary N) is 1. The minimum atomic E-state index is -4.59. The van der Waals surface area contributed by atoms with Crippen LogP contribution in [0, 0.1) is 21.7 Å². The molecule has 0 aliphatic carbocycles. The zero-order chi connectivity index (χ0) is 17.2. The van der Waals surface area contributed by atoms with Gasteiger partial charge in [0.15, 0.2) is 4.90 Å². The number of methoxy groups -OCH3 is 1. The van der Waals surface area contributed by atoms with Gasteiger partial charge < -0.3 is 4.74 Å². The van der Waals surface area contributed by atoms with Gasteiger partial charge in [-0.15, -0.1) is 0 Å². The predicted octanol–water partition coefficient (Wildman–Crippen LogP) is 2.68. The first-order chi connectivity index (χ1) is 10.8. The number of rotatable bonds is 5. The van der Waals surface area contributed by atoms with Gasteiger partial charge in [0.2, 0.25) is 0 Å². The number of nitro benzene ring substituents is 1. The number of anilines is 1. The number of halogens is 2. The molecule has 0 heterocycles. The van der Waals surface area contributed by atoms with E-state index in [4.69, 9.17) is 4.74 Å². The molecule has 0 aromatic heterocycles. The molecular formula is C13H10F2N2O5S. The van der Waals surface area contributed by atoms with Gasteiger partial charge in [0, 0.05) is 0 Å². The van der Waals surface area contributed by atoms with Crippen LogP contribution in [0.3, 0.4) is 0 Å². The van der Waals surface area contributed by atoms with Crippen molar-refractivity contribution in [3.8, 4) is 5.75 Å². The number of benzene rings is 2. The maximum Gasteiger partial charge on any atom is 0.293 e. The lowest BCUT2D eigenvalue weighted by Crippen LogP contribution is -2.16. The van der Waals surface area contributed by atoms with Crippen LogP contribution in [0.15, 0.2) is 41.3 Å². The first-order valence-electron chi connectivity index (χ1n) is 6.05. The van der Waals surface area contributed by atoms with Gasteiger partial charge in [0.25, 0.3) is 15.7 Å². The van der Waals surface area contributed by atoms with Crippen molar-refractivity contribution in [1.29, 1.82) is 0 Å². The van der Waals surface area contributed by atoms with Gasteiger partial charge in [-0.25, -0.2) is 17.2 Å². The summed E-state index contributed by atoms with van der Waals surface area (Å²) in [5, 5.41) is 11.0. The van der Waals surface area contributed by atoms with Crippen molar-refractivity contribution in [3.05, 3.63) is 58.1 Å². The van der Waals surface area contributed by atoms with Crippen LogP contribution in [0.25, 0.3) is 0 Å². The van der Waals surface area contributed by atoms with Crippen molar-refractivity contribution in [2.75, 3.05) is 11.8 Å². The fourth-order valence-corrected chi connectivity index (χ4v) is 3.01. The summed E-state index contributed by atoms with van der Waals surface area (Å²) in [4.78, 5) is 9.35. The van der Waals surface area contributed by atoms with E-state index in [1.54, 1.807) is 4.72 Å². The molecule has 0 spiro atoms. The lowest BCUT2D eigenvalue weighted by atomic mass is 10.3. The summed E-state index contributed by atoms with van der Waals surface area (Å²) in [6.45, 7) is 0. The van der Waals surface area contributed by atoms with Crippen LogP contribution in [0.2, 0.25) is 0 Å². The third-order valence-electron chi connectivity index (χ3n) is 2.85. The summed E-state index contributed by atoms with van der Waals surface area (Å²) in [6, 6.07) is 5.74. The monoisotopic (exact) mass is 344 g/mol. The Hall–Kier alpha value is -2.75. The molecule has 0 aliphatic heterocycles. The topological polar surface area (TPSA) is 98.5 Å². The van der Waals surface area contributed by atoms with Crippen LogP contribution >= 0.6 is 0 Å². The quantitative estimate of drug-likeness (QED) is 0.664. The van der Waals surface area contributed by atoms with Crippen LogP contribution in [0.5, 0.6) is 5.75 Å². The van der Waals surface area contributed by atoms with E-state index in [0.717, 1.165) is 30.3 Å². The maximum atomic E-state index is 13.6. The highest BCUT2D eigenvalue weighted by atomic mass is 32.2. The van der Waals surface area contributed by atoms with Gasteiger partial charge in [-0.05, 0) is 24.3 Å². The van der Waals surface area contributed by atoms with Crippen molar-refractivity contribution < 1.29 is 26.9 Å². The number of hydrogen-bond donors (Lipinski definition) is 1. The standard InChI is InChI=1S/C13H10F2N2O5S/c1-22-8-5-6-12(11(7-8)17(18)19)23(20,21)16-13-9(14)3-2-4-10(13)15/h2-7,16H,1H3. The van der Waals surface area contributed by atoms with Crippen molar-refractivity contribution >= 4 is 21.4 Å². The second-order valence-electron chi connectivity index (χ2n) is 4.29. The summed E-state index contributed by atoms with van der Waals surface area (Å²) in [5.74, 6) is -2.23. The van der Waals surface area contributed by atoms with E-state index < -0.39 is 42.9 Å². The highest BCUT2D eigenvalue weighted by Crippen LogP contribution is 2.30. The molecule has 0 fully saturated rings. The lowest BCUT2D eigenvalue weighted by Gasteiger charge is -2.10. The molecule has 2 aromatic carbocycles. The number of para-hydroxylation sites is 1. The summed E-state index contributed by atoms with van der Waals surface area (Å²) in [5.41, 5.74) is -1.70. The third kappa shape index (κ3) is 3.37. The Morgan fingerprint density at radius 2 is 1.78 bits per heavy atom. The Bertz CT molecular complexity index is 850. The first-order valence-corrected chi connectivity index (χ1v) is 7.54. The summed E-state index contributed by atoms with van der Waals surface area (Å²) in [7, 11) is -3.34. The third-order valence-corrected chi connectivity index (χ3v) is 4.25. The summed E-state index contributed by atoms with van der Waals surface area (Å²) < 4.78 is 58.1. The molecule has 10 heteroatoms. The first kappa shape index (κ1) is 16.6. The molecule has 0 unspecified atom stereocenters. The van der Waals surface area contributed by atoms with Gasteiger partial charge in [-0.1, -0.05) is 6.07 Å². The summed E-state index contributed by atoms with van der Waals surface area (Å²) in [6.07, 6.45) is 0. The highest BCUT2D eigenvalue weighted by Gasteiger charge is 2.28. The van der Waals surface area contributed by atoms with E-state index in [2.05, 4.69) is 0 Å². The van der Waals surface area contributed by atoms with Crippen LogP contribution in [0.4, 0.5) is 20.2 Å². The zero-order valence-corrected chi connectivity index (χ0v) is 12.4. The fourth-order valence-electron chi connectivity index (χ4n) is 1.78. The van der Waals surface area contributed by atoms with Crippen LogP contribution < -0.4 is 9.46 Å². The largest absolute Gasteiger partial charge is 0.497 e. The Morgan fingerprint density at radius 3 is 2.30 bits per heavy atom. The number of nitro groups is 1. The molecule has 0 amide bonds. The Kier molecular flexibility index (Phi) is 4.45. The van der Waals surface area contributed by atoms with Gasteiger partial charge >= 0.3 is 0 Å². The van der Waals surface area contributed by atoms with E-state index in [1.165, 1.54) is 13.2 Å². The molecule has 7 nitrogen and oxygen atoms in total. The fraction of sp³-hybridized carbons (Fsp3) is 0.0769. The zero-order valence-electron chi connectivity index (χ0n) is 11.6. The molecule has 2 aromatic rings. The molecular weight excluding hydrogens is 334 g/mol. The molecule has 2 rings (SSSR count). The predicted molar refractivity (Wildman–Crippen MR) is 76.8 cm³/mol.